The van der Waals surface area contributed by atoms with E-state index in [-0.39, 0.29) is 29.5 Å². The molecule has 1 heterocycles. The Bertz CT molecular complexity index is 1400. The molecule has 3 aromatic rings. The molecule has 0 spiro atoms. The van der Waals surface area contributed by atoms with E-state index in [0.29, 0.717) is 52.4 Å². The van der Waals surface area contributed by atoms with Gasteiger partial charge in [-0.05, 0) is 74.7 Å². The molecule has 4 rings (SSSR count). The van der Waals surface area contributed by atoms with Gasteiger partial charge in [0.15, 0.2) is 5.78 Å². The van der Waals surface area contributed by atoms with Gasteiger partial charge in [-0.15, -0.1) is 0 Å². The molecule has 1 N–H and O–H groups in total. The number of nitrogens with zero attached hydrogens (tertiary/aromatic N) is 2. The van der Waals surface area contributed by atoms with Crippen molar-refractivity contribution in [3.63, 3.8) is 0 Å². The molecule has 40 heavy (non-hydrogen) atoms. The minimum atomic E-state index is -1.00. The number of aliphatic hydroxyl groups is 1. The zero-order valence-electron chi connectivity index (χ0n) is 22.7. The predicted molar refractivity (Wildman–Crippen MR) is 157 cm³/mol. The van der Waals surface area contributed by atoms with Gasteiger partial charge < -0.3 is 14.9 Å². The summed E-state index contributed by atoms with van der Waals surface area (Å²) in [5.41, 5.74) is 1.85. The van der Waals surface area contributed by atoms with Crippen LogP contribution in [0.25, 0.3) is 11.1 Å². The lowest BCUT2D eigenvalue weighted by atomic mass is 9.96. The standard InChI is InChI=1S/C31H32Cl2F2N2O3/c1-31(2,40)14-5-4-9-28(38)20-10-12-23(32)22(15-20)19-11-13-26(27(16-19)37-17-21(34)18-37)36(3)30(39)29-24(33)7-6-8-25(29)35/h6-8,10-13,15-16,21,40H,4-5,9,14,17-18H2,1-3H3. The van der Waals surface area contributed by atoms with Crippen LogP contribution in [0.4, 0.5) is 20.2 Å². The van der Waals surface area contributed by atoms with E-state index in [4.69, 9.17) is 23.2 Å². The van der Waals surface area contributed by atoms with Crippen LogP contribution in [0.15, 0.2) is 54.6 Å². The Morgan fingerprint density at radius 3 is 2.42 bits per heavy atom. The number of halogens is 4. The first-order valence-corrected chi connectivity index (χ1v) is 13.9. The number of ketones is 1. The van der Waals surface area contributed by atoms with Crippen LogP contribution in [0.3, 0.4) is 0 Å². The van der Waals surface area contributed by atoms with Crippen molar-refractivity contribution in [2.75, 3.05) is 29.9 Å². The van der Waals surface area contributed by atoms with Gasteiger partial charge in [0.1, 0.15) is 12.0 Å². The molecule has 1 aliphatic heterocycles. The Balaban J connectivity index is 1.64. The summed E-state index contributed by atoms with van der Waals surface area (Å²) in [6, 6.07) is 14.4. The number of alkyl halides is 1. The van der Waals surface area contributed by atoms with E-state index >= 15 is 0 Å². The molecular weight excluding hydrogens is 557 g/mol. The van der Waals surface area contributed by atoms with Gasteiger partial charge in [-0.2, -0.15) is 0 Å². The summed E-state index contributed by atoms with van der Waals surface area (Å²) >= 11 is 12.7. The Kier molecular flexibility index (Phi) is 9.18. The number of carbonyl (C=O) groups is 2. The maximum absolute atomic E-state index is 14.5. The maximum atomic E-state index is 14.5. The van der Waals surface area contributed by atoms with Crippen molar-refractivity contribution in [3.05, 3.63) is 81.6 Å². The van der Waals surface area contributed by atoms with Crippen molar-refractivity contribution in [1.82, 2.24) is 0 Å². The van der Waals surface area contributed by atoms with E-state index in [9.17, 15) is 23.5 Å². The van der Waals surface area contributed by atoms with Crippen LogP contribution in [-0.2, 0) is 0 Å². The van der Waals surface area contributed by atoms with Crippen molar-refractivity contribution in [3.8, 4) is 11.1 Å². The van der Waals surface area contributed by atoms with Crippen molar-refractivity contribution in [2.45, 2.75) is 51.3 Å². The third kappa shape index (κ3) is 6.82. The van der Waals surface area contributed by atoms with Crippen molar-refractivity contribution in [1.29, 1.82) is 0 Å². The highest BCUT2D eigenvalue weighted by molar-refractivity contribution is 6.35. The van der Waals surface area contributed by atoms with Gasteiger partial charge in [0.05, 0.1) is 40.7 Å². The van der Waals surface area contributed by atoms with E-state index in [1.165, 1.54) is 30.1 Å². The molecule has 1 amide bonds. The molecule has 0 bridgehead atoms. The summed E-state index contributed by atoms with van der Waals surface area (Å²) in [6.07, 6.45) is 1.34. The van der Waals surface area contributed by atoms with Gasteiger partial charge in [0.2, 0.25) is 0 Å². The molecule has 5 nitrogen and oxygen atoms in total. The average Bonchev–Trinajstić information content (AvgIpc) is 2.88. The van der Waals surface area contributed by atoms with Gasteiger partial charge >= 0.3 is 0 Å². The molecule has 1 aliphatic rings. The molecule has 0 aromatic heterocycles. The van der Waals surface area contributed by atoms with Crippen LogP contribution in [0, 0.1) is 5.82 Å². The second-order valence-electron chi connectivity index (χ2n) is 10.8. The largest absolute Gasteiger partial charge is 0.390 e. The van der Waals surface area contributed by atoms with Gasteiger partial charge in [-0.25, -0.2) is 8.78 Å². The Morgan fingerprint density at radius 2 is 1.77 bits per heavy atom. The molecule has 0 unspecified atom stereocenters. The first-order valence-electron chi connectivity index (χ1n) is 13.2. The molecule has 212 valence electrons. The maximum Gasteiger partial charge on any atom is 0.262 e. The topological polar surface area (TPSA) is 60.9 Å². The summed E-state index contributed by atoms with van der Waals surface area (Å²) in [7, 11) is 1.51. The number of Topliss-reactive ketones (excluding diaryl/α,β-unsaturated/α-hetero) is 1. The van der Waals surface area contributed by atoms with Crippen molar-refractivity contribution < 1.29 is 23.5 Å². The van der Waals surface area contributed by atoms with Gasteiger partial charge in [-0.1, -0.05) is 41.8 Å². The summed E-state index contributed by atoms with van der Waals surface area (Å²) in [4.78, 5) is 29.2. The van der Waals surface area contributed by atoms with Gasteiger partial charge in [-0.3, -0.25) is 9.59 Å². The zero-order chi connectivity index (χ0) is 29.2. The highest BCUT2D eigenvalue weighted by Crippen LogP contribution is 2.39. The summed E-state index contributed by atoms with van der Waals surface area (Å²) in [5.74, 6) is -1.39. The molecule has 0 aliphatic carbocycles. The number of carbonyl (C=O) groups excluding carboxylic acids is 2. The number of hydrogen-bond donors (Lipinski definition) is 1. The van der Waals surface area contributed by atoms with E-state index < -0.39 is 23.5 Å². The second-order valence-corrected chi connectivity index (χ2v) is 11.6. The molecule has 0 atom stereocenters. The molecule has 0 saturated carbocycles. The van der Waals surface area contributed by atoms with Gasteiger partial charge in [0, 0.05) is 29.6 Å². The van der Waals surface area contributed by atoms with Crippen LogP contribution >= 0.6 is 23.2 Å². The smallest absolute Gasteiger partial charge is 0.262 e. The van der Waals surface area contributed by atoms with Gasteiger partial charge in [0.25, 0.3) is 5.91 Å². The van der Waals surface area contributed by atoms with Crippen LogP contribution in [-0.4, -0.2) is 48.7 Å². The fourth-order valence-electron chi connectivity index (χ4n) is 4.74. The summed E-state index contributed by atoms with van der Waals surface area (Å²) in [6.45, 7) is 3.79. The molecular formula is C31H32Cl2F2N2O3. The average molecular weight is 590 g/mol. The SMILES string of the molecule is CN(C(=O)c1c(F)cccc1Cl)c1ccc(-c2cc(C(=O)CCCCC(C)(C)O)ccc2Cl)cc1N1CC(F)C1. The zero-order valence-corrected chi connectivity index (χ0v) is 24.2. The third-order valence-corrected chi connectivity index (χ3v) is 7.68. The highest BCUT2D eigenvalue weighted by atomic mass is 35.5. The third-order valence-electron chi connectivity index (χ3n) is 7.04. The monoisotopic (exact) mass is 588 g/mol. The number of hydrogen-bond acceptors (Lipinski definition) is 4. The normalized spacial score (nSPS) is 13.8. The van der Waals surface area contributed by atoms with Crippen LogP contribution in [0.2, 0.25) is 10.0 Å². The molecule has 0 radical (unpaired) electrons. The lowest BCUT2D eigenvalue weighted by Crippen LogP contribution is -2.49. The lowest BCUT2D eigenvalue weighted by Gasteiger charge is -2.39. The van der Waals surface area contributed by atoms with E-state index in [2.05, 4.69) is 0 Å². The minimum Gasteiger partial charge on any atom is -0.390 e. The predicted octanol–water partition coefficient (Wildman–Crippen LogP) is 7.75. The molecule has 1 saturated heterocycles. The first-order chi connectivity index (χ1) is 18.9. The first kappa shape index (κ1) is 30.0. The molecule has 3 aromatic carbocycles. The molecule has 1 fully saturated rings. The molecule has 9 heteroatoms. The lowest BCUT2D eigenvalue weighted by molar-refractivity contribution is 0.0673. The highest BCUT2D eigenvalue weighted by Gasteiger charge is 2.31. The van der Waals surface area contributed by atoms with Crippen LogP contribution < -0.4 is 9.80 Å². The Hall–Kier alpha value is -3.00. The minimum absolute atomic E-state index is 0.00358. The second kappa shape index (κ2) is 12.2. The Labute approximate surface area is 243 Å². The summed E-state index contributed by atoms with van der Waals surface area (Å²) < 4.78 is 28.4. The van der Waals surface area contributed by atoms with Crippen molar-refractivity contribution >= 4 is 46.3 Å². The number of anilines is 2. The van der Waals surface area contributed by atoms with Crippen LogP contribution in [0.1, 0.15) is 60.2 Å². The van der Waals surface area contributed by atoms with Crippen LogP contribution in [0.5, 0.6) is 0 Å². The quantitative estimate of drug-likeness (QED) is 0.194. The van der Waals surface area contributed by atoms with Crippen molar-refractivity contribution in [2.24, 2.45) is 0 Å². The fraction of sp³-hybridized carbons (Fsp3) is 0.355. The Morgan fingerprint density at radius 1 is 1.05 bits per heavy atom. The van der Waals surface area contributed by atoms with E-state index in [1.54, 1.807) is 55.1 Å². The van der Waals surface area contributed by atoms with E-state index in [1.807, 2.05) is 0 Å². The fourth-order valence-corrected chi connectivity index (χ4v) is 5.21. The number of unbranched alkanes of at least 4 members (excludes halogenated alkanes) is 1. The number of amides is 1. The summed E-state index contributed by atoms with van der Waals surface area (Å²) in [5, 5.41) is 10.3. The number of benzene rings is 3. The van der Waals surface area contributed by atoms with E-state index in [0.717, 1.165) is 6.42 Å². The number of rotatable bonds is 10.